The lowest BCUT2D eigenvalue weighted by molar-refractivity contribution is -0.142. The number of benzene rings is 1. The number of hydrogen-bond acceptors (Lipinski definition) is 5. The normalized spacial score (nSPS) is 16.5. The topological polar surface area (TPSA) is 100.0 Å². The molecule has 0 bridgehead atoms. The highest BCUT2D eigenvalue weighted by atomic mass is 32.1. The molecule has 0 radical (unpaired) electrons. The van der Waals surface area contributed by atoms with Crippen molar-refractivity contribution in [1.82, 2.24) is 4.57 Å². The lowest BCUT2D eigenvalue weighted by Gasteiger charge is -2.41. The predicted octanol–water partition coefficient (Wildman–Crippen LogP) is 5.35. The summed E-state index contributed by atoms with van der Waals surface area (Å²) in [6.07, 6.45) is 1.38. The van der Waals surface area contributed by atoms with Crippen LogP contribution < -0.4 is 9.54 Å². The molecule has 1 aliphatic rings. The number of halogens is 3. The van der Waals surface area contributed by atoms with Gasteiger partial charge < -0.3 is 14.4 Å². The second kappa shape index (κ2) is 9.85. The van der Waals surface area contributed by atoms with Crippen LogP contribution in [0.25, 0.3) is 0 Å². The first-order valence-electron chi connectivity index (χ1n) is 11.0. The van der Waals surface area contributed by atoms with E-state index in [9.17, 15) is 28.3 Å². The Balaban J connectivity index is 2.19. The minimum Gasteiger partial charge on any atom is -0.496 e. The summed E-state index contributed by atoms with van der Waals surface area (Å²) in [5.74, 6) is -1.00. The molecule has 3 rings (SSSR count). The molecule has 0 atom stereocenters. The molecule has 1 aromatic carbocycles. The summed E-state index contributed by atoms with van der Waals surface area (Å²) in [5.41, 5.74) is -1.65. The van der Waals surface area contributed by atoms with Crippen LogP contribution in [0.4, 0.5) is 13.2 Å². The molecule has 1 aromatic heterocycles. The molecule has 1 saturated carbocycles. The Hall–Kier alpha value is -3.13. The Morgan fingerprint density at radius 3 is 2.49 bits per heavy atom. The highest BCUT2D eigenvalue weighted by Gasteiger charge is 2.40. The maximum atomic E-state index is 13.4. The maximum Gasteiger partial charge on any atom is 0.416 e. The first-order chi connectivity index (χ1) is 16.3. The van der Waals surface area contributed by atoms with Crippen LogP contribution in [0.15, 0.2) is 34.4 Å². The van der Waals surface area contributed by atoms with Crippen LogP contribution in [-0.2, 0) is 22.9 Å². The second-order valence-corrected chi connectivity index (χ2v) is 10.7. The van der Waals surface area contributed by atoms with Crippen molar-refractivity contribution in [2.75, 3.05) is 7.11 Å². The Morgan fingerprint density at radius 1 is 1.31 bits per heavy atom. The van der Waals surface area contributed by atoms with Crippen LogP contribution in [0.2, 0.25) is 0 Å². The number of carbonyl (C=O) groups is 1. The van der Waals surface area contributed by atoms with Crippen molar-refractivity contribution in [1.29, 1.82) is 5.26 Å². The lowest BCUT2D eigenvalue weighted by Crippen LogP contribution is -2.38. The number of thiazole rings is 1. The molecule has 2 aromatic rings. The molecule has 1 fully saturated rings. The van der Waals surface area contributed by atoms with Gasteiger partial charge in [0.15, 0.2) is 10.6 Å². The minimum atomic E-state index is -4.60. The summed E-state index contributed by atoms with van der Waals surface area (Å²) < 4.78 is 47.2. The fraction of sp³-hybridized carbons (Fsp3) is 0.500. The van der Waals surface area contributed by atoms with E-state index in [0.29, 0.717) is 11.3 Å². The first-order valence-corrected chi connectivity index (χ1v) is 11.8. The number of aromatic nitrogens is 1. The molecule has 11 heteroatoms. The van der Waals surface area contributed by atoms with Crippen LogP contribution >= 0.6 is 11.3 Å². The third-order valence-electron chi connectivity index (χ3n) is 6.03. The molecule has 0 amide bonds. The summed E-state index contributed by atoms with van der Waals surface area (Å²) in [5, 5.41) is 18.7. The molecule has 35 heavy (non-hydrogen) atoms. The molecule has 7 nitrogen and oxygen atoms in total. The SMILES string of the molecule is COc1ccc(C(F)(F)F)cc1C(=NC#N)N=c1sc(C(C)(C)C)cn1CC1(CC(=O)O)CCC1. The zero-order valence-corrected chi connectivity index (χ0v) is 20.8. The monoisotopic (exact) mass is 508 g/mol. The van der Waals surface area contributed by atoms with Gasteiger partial charge in [-0.25, -0.2) is 0 Å². The van der Waals surface area contributed by atoms with Gasteiger partial charge in [0, 0.05) is 17.6 Å². The van der Waals surface area contributed by atoms with Gasteiger partial charge in [-0.2, -0.15) is 28.4 Å². The molecule has 1 N–H and O–H groups in total. The summed E-state index contributed by atoms with van der Waals surface area (Å²) in [4.78, 5) is 21.1. The predicted molar refractivity (Wildman–Crippen MR) is 125 cm³/mol. The molecule has 1 heterocycles. The molecule has 0 aliphatic heterocycles. The van der Waals surface area contributed by atoms with Gasteiger partial charge in [-0.3, -0.25) is 4.79 Å². The second-order valence-electron chi connectivity index (χ2n) is 9.74. The van der Waals surface area contributed by atoms with E-state index in [4.69, 9.17) is 4.74 Å². The van der Waals surface area contributed by atoms with Gasteiger partial charge in [-0.05, 0) is 41.9 Å². The van der Waals surface area contributed by atoms with Crippen molar-refractivity contribution in [3.05, 3.63) is 45.2 Å². The van der Waals surface area contributed by atoms with Crippen LogP contribution in [0.5, 0.6) is 5.75 Å². The van der Waals surface area contributed by atoms with Crippen LogP contribution in [0, 0.1) is 16.9 Å². The number of methoxy groups -OCH3 is 1. The zero-order valence-electron chi connectivity index (χ0n) is 19.9. The van der Waals surface area contributed by atoms with Gasteiger partial charge in [-0.1, -0.05) is 27.2 Å². The first kappa shape index (κ1) is 26.5. The number of aliphatic imine (C=N–C) groups is 1. The van der Waals surface area contributed by atoms with Gasteiger partial charge in [0.2, 0.25) is 6.19 Å². The number of carboxylic acid groups (broad SMARTS) is 1. The summed E-state index contributed by atoms with van der Waals surface area (Å²) in [6.45, 7) is 6.44. The fourth-order valence-electron chi connectivity index (χ4n) is 4.02. The Bertz CT molecular complexity index is 1240. The van der Waals surface area contributed by atoms with Crippen molar-refractivity contribution in [3.8, 4) is 11.9 Å². The highest BCUT2D eigenvalue weighted by molar-refractivity contribution is 7.09. The molecule has 1 aliphatic carbocycles. The van der Waals surface area contributed by atoms with Crippen molar-refractivity contribution in [3.63, 3.8) is 0 Å². The van der Waals surface area contributed by atoms with Gasteiger partial charge in [-0.15, -0.1) is 11.3 Å². The Morgan fingerprint density at radius 2 is 2.00 bits per heavy atom. The highest BCUT2D eigenvalue weighted by Crippen LogP contribution is 2.45. The number of ether oxygens (including phenoxy) is 1. The van der Waals surface area contributed by atoms with Crippen LogP contribution in [-0.4, -0.2) is 28.6 Å². The average molecular weight is 509 g/mol. The van der Waals surface area contributed by atoms with E-state index in [1.165, 1.54) is 24.5 Å². The van der Waals surface area contributed by atoms with Gasteiger partial charge >= 0.3 is 12.1 Å². The van der Waals surface area contributed by atoms with E-state index >= 15 is 0 Å². The fourth-order valence-corrected chi connectivity index (χ4v) is 5.07. The number of hydrogen-bond donors (Lipinski definition) is 1. The van der Waals surface area contributed by atoms with E-state index in [1.54, 1.807) is 6.19 Å². The average Bonchev–Trinajstić information content (AvgIpc) is 3.13. The number of carboxylic acids is 1. The van der Waals surface area contributed by atoms with Crippen molar-refractivity contribution in [2.45, 2.75) is 64.6 Å². The third kappa shape index (κ3) is 6.11. The molecule has 0 saturated heterocycles. The molecule has 0 spiro atoms. The minimum absolute atomic E-state index is 0.0146. The smallest absolute Gasteiger partial charge is 0.416 e. The van der Waals surface area contributed by atoms with E-state index in [-0.39, 0.29) is 29.0 Å². The number of alkyl halides is 3. The van der Waals surface area contributed by atoms with E-state index in [0.717, 1.165) is 36.3 Å². The lowest BCUT2D eigenvalue weighted by atomic mass is 9.66. The largest absolute Gasteiger partial charge is 0.496 e. The summed E-state index contributed by atoms with van der Waals surface area (Å²) >= 11 is 1.33. The van der Waals surface area contributed by atoms with Gasteiger partial charge in [0.25, 0.3) is 0 Å². The van der Waals surface area contributed by atoms with Crippen molar-refractivity contribution < 1.29 is 27.8 Å². The van der Waals surface area contributed by atoms with Gasteiger partial charge in [0.05, 0.1) is 24.7 Å². The Labute approximate surface area is 205 Å². The molecule has 188 valence electrons. The molecular formula is C24H27F3N4O3S. The molecule has 0 unspecified atom stereocenters. The van der Waals surface area contributed by atoms with Crippen molar-refractivity contribution >= 4 is 23.1 Å². The van der Waals surface area contributed by atoms with Crippen molar-refractivity contribution in [2.24, 2.45) is 15.4 Å². The number of nitriles is 1. The quantitative estimate of drug-likeness (QED) is 0.323. The summed E-state index contributed by atoms with van der Waals surface area (Å²) in [6, 6.07) is 2.92. The van der Waals surface area contributed by atoms with Crippen LogP contribution in [0.1, 0.15) is 62.5 Å². The summed E-state index contributed by atoms with van der Waals surface area (Å²) in [7, 11) is 1.31. The Kier molecular flexibility index (Phi) is 7.45. The van der Waals surface area contributed by atoms with E-state index in [2.05, 4.69) is 9.98 Å². The number of nitrogens with zero attached hydrogens (tertiary/aromatic N) is 4. The van der Waals surface area contributed by atoms with Gasteiger partial charge in [0.1, 0.15) is 5.75 Å². The van der Waals surface area contributed by atoms with E-state index < -0.39 is 23.1 Å². The standard InChI is InChI=1S/C24H27F3N4O3S/c1-22(2,3)18-12-31(13-23(8-5-9-23)11-19(32)33)21(35-18)30-20(29-14-28)16-10-15(24(25,26)27)6-7-17(16)34-4/h6-7,10,12H,5,8-9,11,13H2,1-4H3,(H,32,33). The number of rotatable bonds is 6. The van der Waals surface area contributed by atoms with E-state index in [1.807, 2.05) is 31.5 Å². The molecular weight excluding hydrogens is 481 g/mol. The maximum absolute atomic E-state index is 13.4. The zero-order chi connectivity index (χ0) is 26.0. The third-order valence-corrected chi connectivity index (χ3v) is 7.48. The number of aliphatic carboxylic acids is 1. The number of amidine groups is 1. The van der Waals surface area contributed by atoms with Crippen LogP contribution in [0.3, 0.4) is 0 Å².